The Balaban J connectivity index is 1.78. The zero-order valence-electron chi connectivity index (χ0n) is 11.9. The molecular weight excluding hydrogens is 262 g/mol. The molecule has 1 aliphatic carbocycles. The Hall–Kier alpha value is -1.94. The molecule has 0 bridgehead atoms. The van der Waals surface area contributed by atoms with Crippen LogP contribution in [0.2, 0.25) is 0 Å². The van der Waals surface area contributed by atoms with Gasteiger partial charge in [0.25, 0.3) is 0 Å². The summed E-state index contributed by atoms with van der Waals surface area (Å²) in [4.78, 5) is 18.7. The molecule has 2 N–H and O–H groups in total. The Labute approximate surface area is 124 Å². The van der Waals surface area contributed by atoms with E-state index in [9.17, 15) is 4.79 Å². The fourth-order valence-corrected chi connectivity index (χ4v) is 3.41. The van der Waals surface area contributed by atoms with E-state index >= 15 is 0 Å². The van der Waals surface area contributed by atoms with Crippen molar-refractivity contribution in [2.24, 2.45) is 5.73 Å². The average molecular weight is 281 g/mol. The fraction of sp³-hybridized carbons (Fsp3) is 0.412. The maximum atomic E-state index is 12.3. The summed E-state index contributed by atoms with van der Waals surface area (Å²) in [6.07, 6.45) is 5.39. The van der Waals surface area contributed by atoms with Crippen LogP contribution in [0, 0.1) is 0 Å². The van der Waals surface area contributed by atoms with E-state index in [-0.39, 0.29) is 18.0 Å². The van der Waals surface area contributed by atoms with Gasteiger partial charge in [-0.05, 0) is 43.0 Å². The molecule has 0 radical (unpaired) electrons. The van der Waals surface area contributed by atoms with Gasteiger partial charge in [-0.3, -0.25) is 9.78 Å². The number of amides is 1. The summed E-state index contributed by atoms with van der Waals surface area (Å²) in [7, 11) is 0. The third-order valence-electron chi connectivity index (χ3n) is 4.59. The highest BCUT2D eigenvalue weighted by Gasteiger charge is 2.42. The second-order valence-electron chi connectivity index (χ2n) is 6.14. The molecule has 1 aromatic heterocycles. The molecule has 1 amide bonds. The minimum atomic E-state index is 0.0170. The molecule has 4 heteroatoms. The van der Waals surface area contributed by atoms with Crippen molar-refractivity contribution in [3.05, 3.63) is 42.1 Å². The molecule has 0 spiro atoms. The van der Waals surface area contributed by atoms with Crippen LogP contribution in [0.3, 0.4) is 0 Å². The second-order valence-corrected chi connectivity index (χ2v) is 6.14. The van der Waals surface area contributed by atoms with E-state index in [0.29, 0.717) is 12.5 Å². The highest BCUT2D eigenvalue weighted by Crippen LogP contribution is 2.40. The van der Waals surface area contributed by atoms with Gasteiger partial charge in [0.05, 0.1) is 11.6 Å². The molecule has 2 fully saturated rings. The van der Waals surface area contributed by atoms with E-state index < -0.39 is 0 Å². The largest absolute Gasteiger partial charge is 0.331 e. The van der Waals surface area contributed by atoms with Crippen molar-refractivity contribution in [3.63, 3.8) is 0 Å². The molecular formula is C17H19N3O. The average Bonchev–Trinajstić information content (AvgIpc) is 3.33. The number of fused-ring (bicyclic) bond motifs is 1. The summed E-state index contributed by atoms with van der Waals surface area (Å²) in [6, 6.07) is 10.7. The number of hydrogen-bond donors (Lipinski definition) is 1. The van der Waals surface area contributed by atoms with Gasteiger partial charge in [0.1, 0.15) is 0 Å². The third-order valence-corrected chi connectivity index (χ3v) is 4.59. The monoisotopic (exact) mass is 281 g/mol. The number of hydrogen-bond acceptors (Lipinski definition) is 3. The summed E-state index contributed by atoms with van der Waals surface area (Å²) in [6.45, 7) is 0. The first-order valence-electron chi connectivity index (χ1n) is 7.65. The number of aromatic nitrogens is 1. The van der Waals surface area contributed by atoms with E-state index in [1.165, 1.54) is 0 Å². The van der Waals surface area contributed by atoms with E-state index in [0.717, 1.165) is 35.7 Å². The quantitative estimate of drug-likeness (QED) is 0.919. The van der Waals surface area contributed by atoms with Crippen LogP contribution in [-0.4, -0.2) is 27.9 Å². The van der Waals surface area contributed by atoms with Crippen LogP contribution in [0.4, 0.5) is 0 Å². The zero-order chi connectivity index (χ0) is 14.4. The number of carbonyl (C=O) groups excluding carboxylic acids is 1. The maximum absolute atomic E-state index is 12.3. The molecule has 108 valence electrons. The van der Waals surface area contributed by atoms with Gasteiger partial charge in [-0.2, -0.15) is 0 Å². The number of nitrogens with two attached hydrogens (primary N) is 1. The van der Waals surface area contributed by atoms with Gasteiger partial charge in [-0.1, -0.05) is 12.1 Å². The van der Waals surface area contributed by atoms with Gasteiger partial charge >= 0.3 is 0 Å². The van der Waals surface area contributed by atoms with E-state index in [1.54, 1.807) is 6.20 Å². The van der Waals surface area contributed by atoms with Gasteiger partial charge in [0.2, 0.25) is 5.91 Å². The lowest BCUT2D eigenvalue weighted by Crippen LogP contribution is -2.49. The Morgan fingerprint density at radius 3 is 2.86 bits per heavy atom. The number of nitrogens with zero attached hydrogens (tertiary/aromatic N) is 2. The number of pyridine rings is 1. The molecule has 1 saturated heterocycles. The Bertz CT molecular complexity index is 695. The molecule has 1 saturated carbocycles. The van der Waals surface area contributed by atoms with Crippen LogP contribution < -0.4 is 5.73 Å². The number of benzene rings is 1. The summed E-state index contributed by atoms with van der Waals surface area (Å²) >= 11 is 0. The van der Waals surface area contributed by atoms with Crippen molar-refractivity contribution in [1.29, 1.82) is 0 Å². The first kappa shape index (κ1) is 12.8. The lowest BCUT2D eigenvalue weighted by molar-refractivity contribution is -0.138. The van der Waals surface area contributed by atoms with Gasteiger partial charge < -0.3 is 10.6 Å². The highest BCUT2D eigenvalue weighted by atomic mass is 16.2. The van der Waals surface area contributed by atoms with Crippen LogP contribution in [-0.2, 0) is 4.79 Å². The van der Waals surface area contributed by atoms with Crippen LogP contribution in [0.15, 0.2) is 36.5 Å². The number of rotatable bonds is 2. The second kappa shape index (κ2) is 4.81. The number of likely N-dealkylation sites (tertiary alicyclic amines) is 1. The molecule has 2 heterocycles. The van der Waals surface area contributed by atoms with Crippen molar-refractivity contribution in [2.45, 2.75) is 43.8 Å². The number of carbonyl (C=O) groups is 1. The van der Waals surface area contributed by atoms with Crippen LogP contribution in [0.1, 0.15) is 37.3 Å². The molecule has 2 unspecified atom stereocenters. The first-order valence-corrected chi connectivity index (χ1v) is 7.65. The standard InChI is InChI=1S/C17H19N3O/c18-14-6-8-16(21)20(13-4-5-13)17(14)12-3-7-15-11(10-12)2-1-9-19-15/h1-3,7,9-10,13-14,17H,4-6,8,18H2. The summed E-state index contributed by atoms with van der Waals surface area (Å²) in [5, 5.41) is 1.11. The lowest BCUT2D eigenvalue weighted by atomic mass is 9.89. The van der Waals surface area contributed by atoms with Gasteiger partial charge in [-0.25, -0.2) is 0 Å². The minimum Gasteiger partial charge on any atom is -0.331 e. The topological polar surface area (TPSA) is 59.2 Å². The van der Waals surface area contributed by atoms with Gasteiger partial charge in [0, 0.05) is 30.1 Å². The summed E-state index contributed by atoms with van der Waals surface area (Å²) in [5.41, 5.74) is 8.49. The van der Waals surface area contributed by atoms with E-state index in [1.807, 2.05) is 17.0 Å². The minimum absolute atomic E-state index is 0.0170. The van der Waals surface area contributed by atoms with Crippen LogP contribution in [0.25, 0.3) is 10.9 Å². The molecule has 1 aliphatic heterocycles. The highest BCUT2D eigenvalue weighted by molar-refractivity contribution is 5.81. The van der Waals surface area contributed by atoms with Crippen molar-refractivity contribution in [2.75, 3.05) is 0 Å². The third kappa shape index (κ3) is 2.20. The van der Waals surface area contributed by atoms with Gasteiger partial charge in [-0.15, -0.1) is 0 Å². The van der Waals surface area contributed by atoms with E-state index in [4.69, 9.17) is 5.73 Å². The smallest absolute Gasteiger partial charge is 0.223 e. The van der Waals surface area contributed by atoms with Crippen molar-refractivity contribution in [3.8, 4) is 0 Å². The molecule has 4 rings (SSSR count). The van der Waals surface area contributed by atoms with Crippen molar-refractivity contribution < 1.29 is 4.79 Å². The summed E-state index contributed by atoms with van der Waals surface area (Å²) < 4.78 is 0. The van der Waals surface area contributed by atoms with Crippen molar-refractivity contribution in [1.82, 2.24) is 9.88 Å². The lowest BCUT2D eigenvalue weighted by Gasteiger charge is -2.40. The fourth-order valence-electron chi connectivity index (χ4n) is 3.41. The van der Waals surface area contributed by atoms with Gasteiger partial charge in [0.15, 0.2) is 0 Å². The molecule has 2 atom stereocenters. The molecule has 21 heavy (non-hydrogen) atoms. The first-order chi connectivity index (χ1) is 10.2. The SMILES string of the molecule is NC1CCC(=O)N(C2CC2)C1c1ccc2ncccc2c1. The summed E-state index contributed by atoms with van der Waals surface area (Å²) in [5.74, 6) is 0.260. The predicted octanol–water partition coefficient (Wildman–Crippen LogP) is 2.39. The zero-order valence-corrected chi connectivity index (χ0v) is 11.9. The normalized spacial score (nSPS) is 26.3. The molecule has 2 aromatic rings. The molecule has 4 nitrogen and oxygen atoms in total. The van der Waals surface area contributed by atoms with Crippen LogP contribution in [0.5, 0.6) is 0 Å². The van der Waals surface area contributed by atoms with Crippen LogP contribution >= 0.6 is 0 Å². The van der Waals surface area contributed by atoms with E-state index in [2.05, 4.69) is 23.2 Å². The molecule has 1 aromatic carbocycles. The van der Waals surface area contributed by atoms with Crippen molar-refractivity contribution >= 4 is 16.8 Å². The maximum Gasteiger partial charge on any atom is 0.223 e. The Morgan fingerprint density at radius 2 is 2.05 bits per heavy atom. The Kier molecular flexibility index (Phi) is 2.93. The molecule has 2 aliphatic rings. The number of piperidine rings is 1. The predicted molar refractivity (Wildman–Crippen MR) is 81.6 cm³/mol. The Morgan fingerprint density at radius 1 is 1.19 bits per heavy atom.